The Hall–Kier alpha value is -1.47. The summed E-state index contributed by atoms with van der Waals surface area (Å²) in [6.07, 6.45) is 1.73. The van der Waals surface area contributed by atoms with Gasteiger partial charge in [-0.1, -0.05) is 0 Å². The summed E-state index contributed by atoms with van der Waals surface area (Å²) in [6.45, 7) is 4.02. The maximum Gasteiger partial charge on any atom is 0.194 e. The van der Waals surface area contributed by atoms with Crippen LogP contribution in [0.4, 0.5) is 0 Å². The van der Waals surface area contributed by atoms with Gasteiger partial charge in [0.1, 0.15) is 0 Å². The Morgan fingerprint density at radius 1 is 1.59 bits per heavy atom. The van der Waals surface area contributed by atoms with Crippen LogP contribution in [-0.2, 0) is 0 Å². The van der Waals surface area contributed by atoms with Gasteiger partial charge in [0, 0.05) is 18.1 Å². The van der Waals surface area contributed by atoms with Gasteiger partial charge >= 0.3 is 0 Å². The van der Waals surface area contributed by atoms with E-state index in [1.54, 1.807) is 24.6 Å². The molecule has 0 amide bonds. The number of imidazole rings is 1. The van der Waals surface area contributed by atoms with Crippen molar-refractivity contribution in [3.05, 3.63) is 22.5 Å². The Balaban J connectivity index is 2.31. The minimum absolute atomic E-state index is 0.488. The van der Waals surface area contributed by atoms with Crippen molar-refractivity contribution in [2.45, 2.75) is 13.8 Å². The Kier molecular flexibility index (Phi) is 3.39. The minimum atomic E-state index is 0.488. The standard InChI is InChI=1S/C10H13N5S2/c1-6-5-17-10-13-7(2)8(15(6)10)4-12-14-9(16)11-3/h4-5H,1-3H3,(H2,11,14,16)/b12-4-. The van der Waals surface area contributed by atoms with Gasteiger partial charge < -0.3 is 5.32 Å². The molecule has 17 heavy (non-hydrogen) atoms. The molecule has 0 saturated carbocycles. The highest BCUT2D eigenvalue weighted by molar-refractivity contribution is 7.80. The lowest BCUT2D eigenvalue weighted by atomic mass is 10.3. The molecule has 0 spiro atoms. The predicted molar refractivity (Wildman–Crippen MR) is 74.9 cm³/mol. The number of thiocarbonyl (C=S) groups is 1. The third-order valence-corrected chi connectivity index (χ3v) is 3.57. The van der Waals surface area contributed by atoms with E-state index in [1.807, 2.05) is 13.8 Å². The normalized spacial score (nSPS) is 11.2. The summed E-state index contributed by atoms with van der Waals surface area (Å²) in [5.74, 6) is 0. The molecule has 0 unspecified atom stereocenters. The number of thiazole rings is 1. The summed E-state index contributed by atoms with van der Waals surface area (Å²) in [5.41, 5.74) is 5.82. The number of aryl methyl sites for hydroxylation is 2. The van der Waals surface area contributed by atoms with Crippen LogP contribution in [0, 0.1) is 13.8 Å². The number of hydrogen-bond donors (Lipinski definition) is 2. The Morgan fingerprint density at radius 3 is 3.06 bits per heavy atom. The first-order chi connectivity index (χ1) is 8.13. The molecule has 5 nitrogen and oxygen atoms in total. The molecule has 2 heterocycles. The van der Waals surface area contributed by atoms with E-state index in [2.05, 4.69) is 30.6 Å². The predicted octanol–water partition coefficient (Wildman–Crippen LogP) is 1.44. The van der Waals surface area contributed by atoms with Crippen molar-refractivity contribution in [3.63, 3.8) is 0 Å². The fraction of sp³-hybridized carbons (Fsp3) is 0.300. The number of hydrogen-bond acceptors (Lipinski definition) is 4. The second-order valence-corrected chi connectivity index (χ2v) is 4.77. The van der Waals surface area contributed by atoms with Crippen LogP contribution < -0.4 is 10.7 Å². The van der Waals surface area contributed by atoms with Crippen LogP contribution >= 0.6 is 23.6 Å². The molecule has 0 aliphatic carbocycles. The summed E-state index contributed by atoms with van der Waals surface area (Å²) >= 11 is 6.56. The topological polar surface area (TPSA) is 53.7 Å². The summed E-state index contributed by atoms with van der Waals surface area (Å²) in [4.78, 5) is 5.45. The lowest BCUT2D eigenvalue weighted by molar-refractivity contribution is 0.977. The molecule has 0 aliphatic heterocycles. The first-order valence-electron chi connectivity index (χ1n) is 5.07. The van der Waals surface area contributed by atoms with Crippen molar-refractivity contribution in [1.29, 1.82) is 0 Å². The Labute approximate surface area is 109 Å². The smallest absolute Gasteiger partial charge is 0.194 e. The molecular weight excluding hydrogens is 254 g/mol. The second-order valence-electron chi connectivity index (χ2n) is 3.53. The van der Waals surface area contributed by atoms with Gasteiger partial charge in [-0.15, -0.1) is 11.3 Å². The molecule has 2 aromatic rings. The van der Waals surface area contributed by atoms with Gasteiger partial charge in [-0.2, -0.15) is 5.10 Å². The Morgan fingerprint density at radius 2 is 2.35 bits per heavy atom. The van der Waals surface area contributed by atoms with Crippen molar-refractivity contribution in [1.82, 2.24) is 20.1 Å². The molecule has 0 radical (unpaired) electrons. The lowest BCUT2D eigenvalue weighted by Gasteiger charge is -2.00. The fourth-order valence-corrected chi connectivity index (χ4v) is 2.46. The van der Waals surface area contributed by atoms with E-state index in [-0.39, 0.29) is 0 Å². The van der Waals surface area contributed by atoms with Gasteiger partial charge in [0.2, 0.25) is 0 Å². The van der Waals surface area contributed by atoms with Crippen LogP contribution in [0.2, 0.25) is 0 Å². The molecular formula is C10H13N5S2. The molecule has 7 heteroatoms. The van der Waals surface area contributed by atoms with Crippen molar-refractivity contribution in [2.75, 3.05) is 7.05 Å². The van der Waals surface area contributed by atoms with Gasteiger partial charge in [-0.25, -0.2) is 4.98 Å². The van der Waals surface area contributed by atoms with E-state index in [1.165, 1.54) is 0 Å². The maximum absolute atomic E-state index is 4.93. The van der Waals surface area contributed by atoms with Gasteiger partial charge in [0.15, 0.2) is 10.1 Å². The molecule has 2 rings (SSSR count). The van der Waals surface area contributed by atoms with Crippen molar-refractivity contribution in [2.24, 2.45) is 5.10 Å². The molecule has 0 aromatic carbocycles. The fourth-order valence-electron chi connectivity index (χ4n) is 1.49. The largest absolute Gasteiger partial charge is 0.364 e. The van der Waals surface area contributed by atoms with Crippen LogP contribution in [0.25, 0.3) is 4.96 Å². The third kappa shape index (κ3) is 2.29. The number of fused-ring (bicyclic) bond motifs is 1. The van der Waals surface area contributed by atoms with E-state index in [9.17, 15) is 0 Å². The van der Waals surface area contributed by atoms with Crippen LogP contribution in [0.3, 0.4) is 0 Å². The molecule has 2 N–H and O–H groups in total. The molecule has 90 valence electrons. The summed E-state index contributed by atoms with van der Waals surface area (Å²) in [7, 11) is 1.75. The van der Waals surface area contributed by atoms with E-state index < -0.39 is 0 Å². The molecule has 2 aromatic heterocycles. The van der Waals surface area contributed by atoms with Crippen molar-refractivity contribution >= 4 is 39.8 Å². The highest BCUT2D eigenvalue weighted by atomic mass is 32.1. The number of rotatable bonds is 2. The zero-order valence-electron chi connectivity index (χ0n) is 9.81. The average molecular weight is 267 g/mol. The number of aromatic nitrogens is 2. The molecule has 0 fully saturated rings. The molecule has 0 saturated heterocycles. The zero-order chi connectivity index (χ0) is 12.4. The van der Waals surface area contributed by atoms with E-state index in [0.717, 1.165) is 22.0 Å². The van der Waals surface area contributed by atoms with Gasteiger partial charge in [-0.3, -0.25) is 9.83 Å². The third-order valence-electron chi connectivity index (χ3n) is 2.33. The minimum Gasteiger partial charge on any atom is -0.364 e. The number of nitrogens with one attached hydrogen (secondary N) is 2. The highest BCUT2D eigenvalue weighted by Crippen LogP contribution is 2.18. The second kappa shape index (κ2) is 4.80. The van der Waals surface area contributed by atoms with Crippen molar-refractivity contribution < 1.29 is 0 Å². The highest BCUT2D eigenvalue weighted by Gasteiger charge is 2.09. The zero-order valence-corrected chi connectivity index (χ0v) is 11.4. The molecule has 0 bridgehead atoms. The van der Waals surface area contributed by atoms with Gasteiger partial charge in [-0.05, 0) is 26.1 Å². The number of nitrogens with zero attached hydrogens (tertiary/aromatic N) is 3. The monoisotopic (exact) mass is 267 g/mol. The number of hydrazone groups is 1. The first kappa shape index (κ1) is 12.0. The lowest BCUT2D eigenvalue weighted by Crippen LogP contribution is -2.28. The summed E-state index contributed by atoms with van der Waals surface area (Å²) < 4.78 is 2.08. The van der Waals surface area contributed by atoms with E-state index >= 15 is 0 Å². The first-order valence-corrected chi connectivity index (χ1v) is 6.36. The van der Waals surface area contributed by atoms with Crippen LogP contribution in [0.1, 0.15) is 17.1 Å². The van der Waals surface area contributed by atoms with Gasteiger partial charge in [0.05, 0.1) is 17.6 Å². The molecule has 0 atom stereocenters. The van der Waals surface area contributed by atoms with Gasteiger partial charge in [0.25, 0.3) is 0 Å². The van der Waals surface area contributed by atoms with Crippen LogP contribution in [-0.4, -0.2) is 27.8 Å². The quantitative estimate of drug-likeness (QED) is 0.491. The SMILES string of the molecule is CNC(=S)N/N=C\c1c(C)nc2scc(C)n12. The summed E-state index contributed by atoms with van der Waals surface area (Å²) in [6, 6.07) is 0. The van der Waals surface area contributed by atoms with Crippen molar-refractivity contribution in [3.8, 4) is 0 Å². The van der Waals surface area contributed by atoms with E-state index in [0.29, 0.717) is 5.11 Å². The van der Waals surface area contributed by atoms with Crippen LogP contribution in [0.5, 0.6) is 0 Å². The Bertz CT molecular complexity index is 581. The van der Waals surface area contributed by atoms with Crippen LogP contribution in [0.15, 0.2) is 10.5 Å². The van der Waals surface area contributed by atoms with E-state index in [4.69, 9.17) is 12.2 Å². The summed E-state index contributed by atoms with van der Waals surface area (Å²) in [5, 5.41) is 9.43. The molecule has 0 aliphatic rings. The maximum atomic E-state index is 4.93. The average Bonchev–Trinajstić information content (AvgIpc) is 2.80.